The quantitative estimate of drug-likeness (QED) is 0.489. The minimum absolute atomic E-state index is 0.00374. The van der Waals surface area contributed by atoms with Crippen molar-refractivity contribution < 1.29 is 4.79 Å². The standard InChI is InChI=1S/C26H31N3OS/c1-4-18-10-5-7-12-21(18)27-26(30)29-16-20-19-11-6-8-14-23(19)31-25(20)28-15-9-13-22(28)24(29)17(2)3/h5,7,9-10,12-13,15,17,24H,4,6,8,11,14,16H2,1-3H3,(H,27,30)/t24-/m0/s1. The van der Waals surface area contributed by atoms with Gasteiger partial charge in [0.05, 0.1) is 12.6 Å². The summed E-state index contributed by atoms with van der Waals surface area (Å²) < 4.78 is 2.36. The Morgan fingerprint density at radius 3 is 2.74 bits per heavy atom. The number of nitrogens with one attached hydrogen (secondary N) is 1. The average molecular weight is 434 g/mol. The van der Waals surface area contributed by atoms with Crippen molar-refractivity contribution in [3.05, 3.63) is 69.9 Å². The van der Waals surface area contributed by atoms with Gasteiger partial charge in [-0.15, -0.1) is 11.3 Å². The number of rotatable bonds is 3. The van der Waals surface area contributed by atoms with Crippen molar-refractivity contribution in [1.82, 2.24) is 9.47 Å². The highest BCUT2D eigenvalue weighted by atomic mass is 32.1. The molecule has 0 spiro atoms. The smallest absolute Gasteiger partial charge is 0.311 e. The number of carbonyl (C=O) groups excluding carboxylic acids is 1. The Labute approximate surface area is 188 Å². The van der Waals surface area contributed by atoms with Gasteiger partial charge >= 0.3 is 6.03 Å². The molecule has 31 heavy (non-hydrogen) atoms. The second-order valence-electron chi connectivity index (χ2n) is 9.06. The Kier molecular flexibility index (Phi) is 5.39. The highest BCUT2D eigenvalue weighted by Gasteiger charge is 2.36. The predicted molar refractivity (Wildman–Crippen MR) is 128 cm³/mol. The molecular weight excluding hydrogens is 402 g/mol. The summed E-state index contributed by atoms with van der Waals surface area (Å²) in [5.74, 6) is 0.311. The number of thiophene rings is 1. The van der Waals surface area contributed by atoms with Crippen molar-refractivity contribution in [3.63, 3.8) is 0 Å². The Balaban J connectivity index is 1.59. The summed E-state index contributed by atoms with van der Waals surface area (Å²) >= 11 is 1.94. The van der Waals surface area contributed by atoms with Crippen molar-refractivity contribution in [3.8, 4) is 5.00 Å². The Hall–Kier alpha value is -2.53. The van der Waals surface area contributed by atoms with Gasteiger partial charge < -0.3 is 14.8 Å². The summed E-state index contributed by atoms with van der Waals surface area (Å²) in [6.45, 7) is 7.24. The van der Waals surface area contributed by atoms with Gasteiger partial charge in [0, 0.05) is 28.0 Å². The maximum absolute atomic E-state index is 13.7. The third-order valence-corrected chi connectivity index (χ3v) is 8.09. The van der Waals surface area contributed by atoms with Gasteiger partial charge in [0.25, 0.3) is 0 Å². The van der Waals surface area contributed by atoms with Gasteiger partial charge in [0.2, 0.25) is 0 Å². The molecule has 0 fully saturated rings. The molecular formula is C26H31N3OS. The van der Waals surface area contributed by atoms with Gasteiger partial charge in [-0.05, 0) is 67.3 Å². The van der Waals surface area contributed by atoms with Crippen molar-refractivity contribution >= 4 is 23.1 Å². The summed E-state index contributed by atoms with van der Waals surface area (Å²) in [4.78, 5) is 17.3. The molecule has 0 saturated heterocycles. The van der Waals surface area contributed by atoms with Gasteiger partial charge in [-0.25, -0.2) is 4.79 Å². The zero-order valence-corrected chi connectivity index (χ0v) is 19.5. The molecule has 1 atom stereocenters. The highest BCUT2D eigenvalue weighted by Crippen LogP contribution is 2.44. The van der Waals surface area contributed by atoms with Gasteiger partial charge in [-0.2, -0.15) is 0 Å². The van der Waals surface area contributed by atoms with Crippen LogP contribution in [0.1, 0.15) is 66.9 Å². The highest BCUT2D eigenvalue weighted by molar-refractivity contribution is 7.15. The molecule has 0 bridgehead atoms. The molecule has 1 aliphatic carbocycles. The fourth-order valence-corrected chi connectivity index (χ4v) is 6.66. The number of aromatic nitrogens is 1. The summed E-state index contributed by atoms with van der Waals surface area (Å²) in [6.07, 6.45) is 7.91. The first-order valence-electron chi connectivity index (χ1n) is 11.5. The lowest BCUT2D eigenvalue weighted by Gasteiger charge is -2.33. The van der Waals surface area contributed by atoms with Gasteiger partial charge in [0.15, 0.2) is 0 Å². The van der Waals surface area contributed by atoms with Gasteiger partial charge in [0.1, 0.15) is 5.00 Å². The number of fused-ring (bicyclic) bond motifs is 5. The molecule has 2 amide bonds. The Morgan fingerprint density at radius 2 is 1.94 bits per heavy atom. The number of amides is 2. The first-order valence-corrected chi connectivity index (χ1v) is 12.4. The van der Waals surface area contributed by atoms with Crippen LogP contribution in [0.25, 0.3) is 5.00 Å². The summed E-state index contributed by atoms with van der Waals surface area (Å²) in [5, 5.41) is 4.57. The zero-order chi connectivity index (χ0) is 21.5. The lowest BCUT2D eigenvalue weighted by atomic mass is 9.94. The van der Waals surface area contributed by atoms with Crippen LogP contribution in [0.3, 0.4) is 0 Å². The van der Waals surface area contributed by atoms with Crippen LogP contribution in [0.4, 0.5) is 10.5 Å². The van der Waals surface area contributed by atoms with Crippen LogP contribution in [0.15, 0.2) is 42.6 Å². The largest absolute Gasteiger partial charge is 0.322 e. The fraction of sp³-hybridized carbons (Fsp3) is 0.423. The molecule has 1 aliphatic heterocycles. The topological polar surface area (TPSA) is 37.3 Å². The molecule has 162 valence electrons. The number of hydrogen-bond donors (Lipinski definition) is 1. The van der Waals surface area contributed by atoms with Crippen LogP contribution in [-0.2, 0) is 25.8 Å². The molecule has 4 nitrogen and oxygen atoms in total. The van der Waals surface area contributed by atoms with Crippen LogP contribution in [0, 0.1) is 5.92 Å². The van der Waals surface area contributed by atoms with Gasteiger partial charge in [-0.1, -0.05) is 39.0 Å². The third kappa shape index (κ3) is 3.49. The van der Waals surface area contributed by atoms with Crippen LogP contribution in [0.5, 0.6) is 0 Å². The van der Waals surface area contributed by atoms with E-state index in [0.717, 1.165) is 18.5 Å². The number of para-hydroxylation sites is 1. The van der Waals surface area contributed by atoms with E-state index >= 15 is 0 Å². The van der Waals surface area contributed by atoms with Crippen LogP contribution in [0.2, 0.25) is 0 Å². The number of anilines is 1. The second kappa shape index (κ2) is 8.19. The second-order valence-corrected chi connectivity index (χ2v) is 10.1. The summed E-state index contributed by atoms with van der Waals surface area (Å²) in [6, 6.07) is 12.5. The molecule has 0 unspecified atom stereocenters. The molecule has 3 aromatic rings. The molecule has 1 N–H and O–H groups in total. The molecule has 0 radical (unpaired) electrons. The van der Waals surface area contributed by atoms with Gasteiger partial charge in [-0.3, -0.25) is 0 Å². The number of carbonyl (C=O) groups is 1. The van der Waals surface area contributed by atoms with E-state index in [-0.39, 0.29) is 12.1 Å². The Bertz CT molecular complexity index is 1110. The monoisotopic (exact) mass is 433 g/mol. The minimum atomic E-state index is -0.00374. The molecule has 5 rings (SSSR count). The maximum Gasteiger partial charge on any atom is 0.322 e. The fourth-order valence-electron chi connectivity index (χ4n) is 5.26. The van der Waals surface area contributed by atoms with E-state index in [0.29, 0.717) is 12.5 Å². The van der Waals surface area contributed by atoms with Crippen LogP contribution >= 0.6 is 11.3 Å². The number of benzene rings is 1. The molecule has 5 heteroatoms. The summed E-state index contributed by atoms with van der Waals surface area (Å²) in [5.41, 5.74) is 6.17. The van der Waals surface area contributed by atoms with Crippen molar-refractivity contribution in [2.75, 3.05) is 5.32 Å². The zero-order valence-electron chi connectivity index (χ0n) is 18.6. The molecule has 3 heterocycles. The van der Waals surface area contributed by atoms with E-state index < -0.39 is 0 Å². The Morgan fingerprint density at radius 1 is 1.13 bits per heavy atom. The van der Waals surface area contributed by atoms with E-state index in [2.05, 4.69) is 60.0 Å². The first kappa shape index (κ1) is 20.4. The van der Waals surface area contributed by atoms with E-state index in [1.165, 1.54) is 51.5 Å². The molecule has 2 aromatic heterocycles. The van der Waals surface area contributed by atoms with E-state index in [1.807, 2.05) is 29.5 Å². The third-order valence-electron chi connectivity index (χ3n) is 6.76. The number of hydrogen-bond acceptors (Lipinski definition) is 2. The summed E-state index contributed by atoms with van der Waals surface area (Å²) in [7, 11) is 0. The molecule has 2 aliphatic rings. The lowest BCUT2D eigenvalue weighted by Crippen LogP contribution is -2.39. The average Bonchev–Trinajstić information content (AvgIpc) is 3.35. The van der Waals surface area contributed by atoms with E-state index in [4.69, 9.17) is 0 Å². The normalized spacial score (nSPS) is 17.7. The van der Waals surface area contributed by atoms with Crippen molar-refractivity contribution in [1.29, 1.82) is 0 Å². The SMILES string of the molecule is CCc1ccccc1NC(=O)N1Cc2c(sc3c2CCCC3)-n2cccc2[C@@H]1C(C)C. The van der Waals surface area contributed by atoms with E-state index in [1.54, 1.807) is 0 Å². The number of urea groups is 1. The minimum Gasteiger partial charge on any atom is -0.311 e. The molecule has 1 aromatic carbocycles. The number of nitrogens with zero attached hydrogens (tertiary/aromatic N) is 2. The lowest BCUT2D eigenvalue weighted by molar-refractivity contribution is 0.161. The van der Waals surface area contributed by atoms with Crippen molar-refractivity contribution in [2.45, 2.75) is 65.5 Å². The van der Waals surface area contributed by atoms with Crippen LogP contribution < -0.4 is 5.32 Å². The maximum atomic E-state index is 13.7. The number of aryl methyl sites for hydroxylation is 2. The van der Waals surface area contributed by atoms with Crippen LogP contribution in [-0.4, -0.2) is 15.5 Å². The first-order chi connectivity index (χ1) is 15.1. The molecule has 0 saturated carbocycles. The predicted octanol–water partition coefficient (Wildman–Crippen LogP) is 6.72. The van der Waals surface area contributed by atoms with Crippen molar-refractivity contribution in [2.24, 2.45) is 5.92 Å². The van der Waals surface area contributed by atoms with E-state index in [9.17, 15) is 4.79 Å².